The first kappa shape index (κ1) is 16.9. The lowest BCUT2D eigenvalue weighted by Gasteiger charge is -2.15. The summed E-state index contributed by atoms with van der Waals surface area (Å²) in [6.45, 7) is 6.30. The molecule has 2 N–H and O–H groups in total. The zero-order valence-electron chi connectivity index (χ0n) is 12.5. The van der Waals surface area contributed by atoms with Crippen LogP contribution in [0.3, 0.4) is 0 Å². The van der Waals surface area contributed by atoms with E-state index in [9.17, 15) is 14.9 Å². The van der Waals surface area contributed by atoms with Gasteiger partial charge in [0, 0.05) is 12.1 Å². The van der Waals surface area contributed by atoms with Gasteiger partial charge in [-0.2, -0.15) is 0 Å². The van der Waals surface area contributed by atoms with E-state index < -0.39 is 16.6 Å². The van der Waals surface area contributed by atoms with Crippen molar-refractivity contribution in [3.05, 3.63) is 27.9 Å². The lowest BCUT2D eigenvalue weighted by atomic mass is 10.0. The number of carboxylic acids is 1. The molecule has 0 aliphatic carbocycles. The molecule has 1 atom stereocenters. The van der Waals surface area contributed by atoms with Gasteiger partial charge in [-0.15, -0.1) is 0 Å². The Morgan fingerprint density at radius 1 is 1.43 bits per heavy atom. The maximum atomic E-state index is 11.1. The summed E-state index contributed by atoms with van der Waals surface area (Å²) in [6.07, 6.45) is 4.09. The molecule has 1 aromatic rings. The Morgan fingerprint density at radius 3 is 2.62 bits per heavy atom. The highest BCUT2D eigenvalue weighted by atomic mass is 16.6. The van der Waals surface area contributed by atoms with Gasteiger partial charge in [-0.1, -0.05) is 26.7 Å². The van der Waals surface area contributed by atoms with Crippen LogP contribution < -0.4 is 5.32 Å². The molecule has 0 bridgehead atoms. The van der Waals surface area contributed by atoms with Crippen LogP contribution in [0, 0.1) is 16.0 Å². The van der Waals surface area contributed by atoms with Gasteiger partial charge in [0.1, 0.15) is 17.6 Å². The van der Waals surface area contributed by atoms with E-state index in [2.05, 4.69) is 24.1 Å². The summed E-state index contributed by atoms with van der Waals surface area (Å²) in [5.74, 6) is -0.344. The standard InChI is InChI=1S/C14H21N3O4/c1-9(2)5-4-6-10(3)16-13-7-11(14(18)19)12(8-15-13)17(20)21/h7-10H,4-6H2,1-3H3,(H,15,16)(H,18,19). The fourth-order valence-electron chi connectivity index (χ4n) is 2.00. The highest BCUT2D eigenvalue weighted by Crippen LogP contribution is 2.21. The molecule has 0 radical (unpaired) electrons. The fourth-order valence-corrected chi connectivity index (χ4v) is 2.00. The smallest absolute Gasteiger partial charge is 0.342 e. The van der Waals surface area contributed by atoms with Crippen LogP contribution >= 0.6 is 0 Å². The summed E-state index contributed by atoms with van der Waals surface area (Å²) in [4.78, 5) is 25.0. The lowest BCUT2D eigenvalue weighted by molar-refractivity contribution is -0.385. The number of hydrogen-bond acceptors (Lipinski definition) is 5. The molecule has 1 rings (SSSR count). The predicted molar refractivity (Wildman–Crippen MR) is 79.6 cm³/mol. The van der Waals surface area contributed by atoms with Gasteiger partial charge in [0.15, 0.2) is 0 Å². The SMILES string of the molecule is CC(C)CCCC(C)Nc1cc(C(=O)O)c([N+](=O)[O-])cn1. The molecule has 0 aromatic carbocycles. The molecule has 0 amide bonds. The quantitative estimate of drug-likeness (QED) is 0.563. The first-order valence-corrected chi connectivity index (χ1v) is 6.95. The molecule has 0 aliphatic heterocycles. The number of nitrogens with zero attached hydrogens (tertiary/aromatic N) is 2. The van der Waals surface area contributed by atoms with Crippen molar-refractivity contribution in [2.45, 2.75) is 46.1 Å². The van der Waals surface area contributed by atoms with Crippen molar-refractivity contribution in [1.82, 2.24) is 4.98 Å². The van der Waals surface area contributed by atoms with Gasteiger partial charge in [-0.3, -0.25) is 10.1 Å². The van der Waals surface area contributed by atoms with Gasteiger partial charge in [-0.25, -0.2) is 9.78 Å². The van der Waals surface area contributed by atoms with Gasteiger partial charge in [0.25, 0.3) is 0 Å². The number of hydrogen-bond donors (Lipinski definition) is 2. The molecule has 0 spiro atoms. The molecule has 1 aromatic heterocycles. The first-order chi connectivity index (χ1) is 9.81. The average molecular weight is 295 g/mol. The van der Waals surface area contributed by atoms with Crippen molar-refractivity contribution in [2.75, 3.05) is 5.32 Å². The average Bonchev–Trinajstić information content (AvgIpc) is 2.37. The molecule has 1 unspecified atom stereocenters. The summed E-state index contributed by atoms with van der Waals surface area (Å²) in [5.41, 5.74) is -0.854. The molecule has 7 heteroatoms. The van der Waals surface area contributed by atoms with Crippen LogP contribution in [-0.4, -0.2) is 27.0 Å². The molecule has 0 aliphatic rings. The van der Waals surface area contributed by atoms with E-state index in [4.69, 9.17) is 5.11 Å². The summed E-state index contributed by atoms with van der Waals surface area (Å²) in [6, 6.07) is 1.33. The highest BCUT2D eigenvalue weighted by molar-refractivity contribution is 5.93. The van der Waals surface area contributed by atoms with Gasteiger partial charge in [0.2, 0.25) is 0 Å². The second kappa shape index (κ2) is 7.56. The second-order valence-corrected chi connectivity index (χ2v) is 5.52. The number of pyridine rings is 1. The van der Waals surface area contributed by atoms with Crippen molar-refractivity contribution < 1.29 is 14.8 Å². The van der Waals surface area contributed by atoms with Crippen LogP contribution in [0.5, 0.6) is 0 Å². The Balaban J connectivity index is 2.74. The molecule has 0 saturated heterocycles. The summed E-state index contributed by atoms with van der Waals surface area (Å²) in [5, 5.41) is 22.8. The Kier molecular flexibility index (Phi) is 6.08. The zero-order valence-corrected chi connectivity index (χ0v) is 12.5. The van der Waals surface area contributed by atoms with Crippen LogP contribution in [0.2, 0.25) is 0 Å². The molecule has 21 heavy (non-hydrogen) atoms. The van der Waals surface area contributed by atoms with Crippen LogP contribution in [-0.2, 0) is 0 Å². The number of nitro groups is 1. The molecule has 7 nitrogen and oxygen atoms in total. The van der Waals surface area contributed by atoms with Crippen molar-refractivity contribution in [3.8, 4) is 0 Å². The Bertz CT molecular complexity index is 517. The topological polar surface area (TPSA) is 105 Å². The Hall–Kier alpha value is -2.18. The van der Waals surface area contributed by atoms with E-state index in [-0.39, 0.29) is 11.6 Å². The predicted octanol–water partition coefficient (Wildman–Crippen LogP) is 3.31. The molecular weight excluding hydrogens is 274 g/mol. The van der Waals surface area contributed by atoms with Crippen LogP contribution in [0.25, 0.3) is 0 Å². The van der Waals surface area contributed by atoms with E-state index in [1.54, 1.807) is 0 Å². The molecule has 0 fully saturated rings. The van der Waals surface area contributed by atoms with E-state index >= 15 is 0 Å². The van der Waals surface area contributed by atoms with Crippen LogP contribution in [0.4, 0.5) is 11.5 Å². The number of rotatable bonds is 8. The number of aromatic carboxylic acids is 1. The summed E-state index contributed by atoms with van der Waals surface area (Å²) < 4.78 is 0. The second-order valence-electron chi connectivity index (χ2n) is 5.52. The van der Waals surface area contributed by atoms with Crippen molar-refractivity contribution >= 4 is 17.5 Å². The van der Waals surface area contributed by atoms with Crippen LogP contribution in [0.1, 0.15) is 50.4 Å². The number of nitrogens with one attached hydrogen (secondary N) is 1. The number of aromatic nitrogens is 1. The fraction of sp³-hybridized carbons (Fsp3) is 0.571. The maximum absolute atomic E-state index is 11.1. The number of anilines is 1. The number of carbonyl (C=O) groups is 1. The van der Waals surface area contributed by atoms with E-state index in [1.807, 2.05) is 6.92 Å². The maximum Gasteiger partial charge on any atom is 0.342 e. The normalized spacial score (nSPS) is 12.2. The van der Waals surface area contributed by atoms with Gasteiger partial charge in [0.05, 0.1) is 4.92 Å². The van der Waals surface area contributed by atoms with Gasteiger partial charge < -0.3 is 10.4 Å². The first-order valence-electron chi connectivity index (χ1n) is 6.95. The molecule has 1 heterocycles. The zero-order chi connectivity index (χ0) is 16.0. The minimum absolute atomic E-state index is 0.124. The van der Waals surface area contributed by atoms with Crippen molar-refractivity contribution in [1.29, 1.82) is 0 Å². The Morgan fingerprint density at radius 2 is 2.10 bits per heavy atom. The van der Waals surface area contributed by atoms with E-state index in [1.165, 1.54) is 6.07 Å². The minimum atomic E-state index is -1.33. The van der Waals surface area contributed by atoms with Crippen LogP contribution in [0.15, 0.2) is 12.3 Å². The summed E-state index contributed by atoms with van der Waals surface area (Å²) >= 11 is 0. The molecular formula is C14H21N3O4. The number of carboxylic acid groups (broad SMARTS) is 1. The van der Waals surface area contributed by atoms with E-state index in [0.717, 1.165) is 25.5 Å². The van der Waals surface area contributed by atoms with Gasteiger partial charge in [-0.05, 0) is 19.3 Å². The van der Waals surface area contributed by atoms with Crippen molar-refractivity contribution in [2.24, 2.45) is 5.92 Å². The summed E-state index contributed by atoms with van der Waals surface area (Å²) in [7, 11) is 0. The highest BCUT2D eigenvalue weighted by Gasteiger charge is 2.21. The molecule has 116 valence electrons. The third-order valence-electron chi connectivity index (χ3n) is 3.12. The third kappa shape index (κ3) is 5.37. The Labute approximate surface area is 123 Å². The van der Waals surface area contributed by atoms with Crippen molar-refractivity contribution in [3.63, 3.8) is 0 Å². The monoisotopic (exact) mass is 295 g/mol. The van der Waals surface area contributed by atoms with Gasteiger partial charge >= 0.3 is 11.7 Å². The third-order valence-corrected chi connectivity index (χ3v) is 3.12. The lowest BCUT2D eigenvalue weighted by Crippen LogP contribution is -2.17. The largest absolute Gasteiger partial charge is 0.477 e. The van der Waals surface area contributed by atoms with E-state index in [0.29, 0.717) is 11.7 Å². The molecule has 0 saturated carbocycles. The minimum Gasteiger partial charge on any atom is -0.477 e.